The van der Waals surface area contributed by atoms with E-state index in [1.165, 1.54) is 19.4 Å². The number of likely N-dealkylation sites (tertiary alicyclic amines) is 1. The second-order valence-corrected chi connectivity index (χ2v) is 3.81. The first-order valence-corrected chi connectivity index (χ1v) is 5.52. The minimum Gasteiger partial charge on any atom is -0.367 e. The summed E-state index contributed by atoms with van der Waals surface area (Å²) in [5, 5.41) is 14.4. The zero-order valence-electron chi connectivity index (χ0n) is 9.06. The van der Waals surface area contributed by atoms with E-state index in [9.17, 15) is 0 Å². The van der Waals surface area contributed by atoms with Crippen LogP contribution in [0.4, 0.5) is 5.82 Å². The molecular formula is C10H17N5. The number of nitrogens with one attached hydrogen (secondary N) is 1. The van der Waals surface area contributed by atoms with Gasteiger partial charge < -0.3 is 5.32 Å². The largest absolute Gasteiger partial charge is 0.367 e. The lowest BCUT2D eigenvalue weighted by atomic mass is 10.2. The zero-order chi connectivity index (χ0) is 10.5. The highest BCUT2D eigenvalue weighted by Gasteiger charge is 2.22. The van der Waals surface area contributed by atoms with Crippen molar-refractivity contribution in [2.24, 2.45) is 0 Å². The second-order valence-electron chi connectivity index (χ2n) is 3.81. The van der Waals surface area contributed by atoms with E-state index >= 15 is 0 Å². The smallest absolute Gasteiger partial charge is 0.152 e. The maximum Gasteiger partial charge on any atom is 0.152 e. The fraction of sp³-hybridized carbons (Fsp3) is 0.700. The number of likely N-dealkylation sites (N-methyl/N-ethyl adjacent to an activating group) is 1. The van der Waals surface area contributed by atoms with Crippen LogP contribution in [0.2, 0.25) is 0 Å². The summed E-state index contributed by atoms with van der Waals surface area (Å²) in [5.41, 5.74) is 0. The molecule has 0 amide bonds. The number of rotatable bonds is 4. The minimum absolute atomic E-state index is 0.643. The van der Waals surface area contributed by atoms with Crippen molar-refractivity contribution in [3.63, 3.8) is 0 Å². The van der Waals surface area contributed by atoms with Crippen molar-refractivity contribution in [1.82, 2.24) is 20.3 Å². The molecule has 0 radical (unpaired) electrons. The van der Waals surface area contributed by atoms with Gasteiger partial charge in [0.2, 0.25) is 0 Å². The molecule has 5 heteroatoms. The predicted molar refractivity (Wildman–Crippen MR) is 58.6 cm³/mol. The summed E-state index contributed by atoms with van der Waals surface area (Å²) in [6, 6.07) is 2.49. The quantitative estimate of drug-likeness (QED) is 0.790. The van der Waals surface area contributed by atoms with Crippen molar-refractivity contribution in [3.8, 4) is 0 Å². The molecule has 2 heterocycles. The maximum atomic E-state index is 3.90. The van der Waals surface area contributed by atoms with Crippen LogP contribution < -0.4 is 5.32 Å². The van der Waals surface area contributed by atoms with E-state index in [-0.39, 0.29) is 0 Å². The Morgan fingerprint density at radius 3 is 3.27 bits per heavy atom. The van der Waals surface area contributed by atoms with Crippen LogP contribution in [0.15, 0.2) is 12.3 Å². The van der Waals surface area contributed by atoms with Gasteiger partial charge in [-0.25, -0.2) is 0 Å². The monoisotopic (exact) mass is 207 g/mol. The lowest BCUT2D eigenvalue weighted by Gasteiger charge is -2.22. The highest BCUT2D eigenvalue weighted by atomic mass is 15.3. The Kier molecular flexibility index (Phi) is 3.45. The summed E-state index contributed by atoms with van der Waals surface area (Å²) < 4.78 is 0. The number of anilines is 1. The van der Waals surface area contributed by atoms with Crippen LogP contribution >= 0.6 is 0 Å². The molecule has 1 aromatic heterocycles. The Morgan fingerprint density at radius 1 is 1.60 bits per heavy atom. The minimum atomic E-state index is 0.643. The number of hydrogen-bond acceptors (Lipinski definition) is 5. The number of hydrogen-bond donors (Lipinski definition) is 1. The molecule has 1 aromatic rings. The summed E-state index contributed by atoms with van der Waals surface area (Å²) in [6.45, 7) is 5.52. The molecule has 15 heavy (non-hydrogen) atoms. The van der Waals surface area contributed by atoms with E-state index < -0.39 is 0 Å². The third-order valence-electron chi connectivity index (χ3n) is 2.93. The SMILES string of the molecule is CCN1CCCC1CNc1ccnnn1. The van der Waals surface area contributed by atoms with E-state index in [1.54, 1.807) is 6.20 Å². The molecule has 1 fully saturated rings. The maximum absolute atomic E-state index is 3.90. The Labute approximate surface area is 89.9 Å². The molecule has 0 bridgehead atoms. The van der Waals surface area contributed by atoms with Gasteiger partial charge in [-0.2, -0.15) is 0 Å². The normalized spacial score (nSPS) is 21.8. The van der Waals surface area contributed by atoms with Crippen LogP contribution in [0.5, 0.6) is 0 Å². The van der Waals surface area contributed by atoms with Gasteiger partial charge in [0.1, 0.15) is 0 Å². The van der Waals surface area contributed by atoms with Gasteiger partial charge in [-0.15, -0.1) is 10.2 Å². The van der Waals surface area contributed by atoms with E-state index in [1.807, 2.05) is 6.07 Å². The Balaban J connectivity index is 1.83. The summed E-state index contributed by atoms with van der Waals surface area (Å²) in [6.07, 6.45) is 4.24. The van der Waals surface area contributed by atoms with Gasteiger partial charge in [-0.3, -0.25) is 4.90 Å². The summed E-state index contributed by atoms with van der Waals surface area (Å²) in [7, 11) is 0. The Morgan fingerprint density at radius 2 is 2.53 bits per heavy atom. The lowest BCUT2D eigenvalue weighted by Crippen LogP contribution is -2.34. The first kappa shape index (κ1) is 10.3. The van der Waals surface area contributed by atoms with Gasteiger partial charge in [-0.05, 0) is 31.1 Å². The predicted octanol–water partition coefficient (Wildman–Crippen LogP) is 0.768. The number of nitrogens with zero attached hydrogens (tertiary/aromatic N) is 4. The molecule has 0 saturated carbocycles. The average molecular weight is 207 g/mol. The van der Waals surface area contributed by atoms with Gasteiger partial charge in [0.15, 0.2) is 5.82 Å². The van der Waals surface area contributed by atoms with Gasteiger partial charge in [0, 0.05) is 18.7 Å². The zero-order valence-corrected chi connectivity index (χ0v) is 9.06. The molecule has 1 N–H and O–H groups in total. The first-order chi connectivity index (χ1) is 7.40. The van der Waals surface area contributed by atoms with Crippen LogP contribution in [0.3, 0.4) is 0 Å². The van der Waals surface area contributed by atoms with Gasteiger partial charge in [0.05, 0.1) is 6.20 Å². The molecule has 1 atom stereocenters. The lowest BCUT2D eigenvalue weighted by molar-refractivity contribution is 0.277. The fourth-order valence-electron chi connectivity index (χ4n) is 2.10. The molecule has 1 saturated heterocycles. The highest BCUT2D eigenvalue weighted by molar-refractivity contribution is 5.30. The van der Waals surface area contributed by atoms with Crippen LogP contribution in [-0.2, 0) is 0 Å². The Hall–Kier alpha value is -1.23. The molecule has 82 valence electrons. The third kappa shape index (κ3) is 2.62. The van der Waals surface area contributed by atoms with Gasteiger partial charge in [-0.1, -0.05) is 6.92 Å². The van der Waals surface area contributed by atoms with Gasteiger partial charge in [0.25, 0.3) is 0 Å². The van der Waals surface area contributed by atoms with Crippen LogP contribution in [0.1, 0.15) is 19.8 Å². The van der Waals surface area contributed by atoms with Crippen LogP contribution in [-0.4, -0.2) is 46.0 Å². The van der Waals surface area contributed by atoms with Gasteiger partial charge >= 0.3 is 0 Å². The van der Waals surface area contributed by atoms with Crippen molar-refractivity contribution in [1.29, 1.82) is 0 Å². The van der Waals surface area contributed by atoms with Crippen molar-refractivity contribution in [2.75, 3.05) is 25.0 Å². The molecule has 1 aliphatic rings. The van der Waals surface area contributed by atoms with Crippen molar-refractivity contribution in [2.45, 2.75) is 25.8 Å². The van der Waals surface area contributed by atoms with E-state index in [2.05, 4.69) is 32.6 Å². The van der Waals surface area contributed by atoms with Crippen molar-refractivity contribution in [3.05, 3.63) is 12.3 Å². The van der Waals surface area contributed by atoms with Crippen LogP contribution in [0.25, 0.3) is 0 Å². The van der Waals surface area contributed by atoms with Crippen LogP contribution in [0, 0.1) is 0 Å². The molecular weight excluding hydrogens is 190 g/mol. The second kappa shape index (κ2) is 5.02. The highest BCUT2D eigenvalue weighted by Crippen LogP contribution is 2.16. The molecule has 0 aliphatic carbocycles. The Bertz CT molecular complexity index is 289. The van der Waals surface area contributed by atoms with E-state index in [0.29, 0.717) is 6.04 Å². The average Bonchev–Trinajstić information content (AvgIpc) is 2.75. The van der Waals surface area contributed by atoms with E-state index in [4.69, 9.17) is 0 Å². The summed E-state index contributed by atoms with van der Waals surface area (Å²) in [5.74, 6) is 0.813. The molecule has 0 aromatic carbocycles. The third-order valence-corrected chi connectivity index (χ3v) is 2.93. The van der Waals surface area contributed by atoms with Crippen molar-refractivity contribution < 1.29 is 0 Å². The fourth-order valence-corrected chi connectivity index (χ4v) is 2.10. The van der Waals surface area contributed by atoms with Crippen molar-refractivity contribution >= 4 is 5.82 Å². The molecule has 0 spiro atoms. The molecule has 5 nitrogen and oxygen atoms in total. The summed E-state index contributed by atoms with van der Waals surface area (Å²) in [4.78, 5) is 2.50. The van der Waals surface area contributed by atoms with E-state index in [0.717, 1.165) is 18.9 Å². The summed E-state index contributed by atoms with van der Waals surface area (Å²) >= 11 is 0. The molecule has 1 aliphatic heterocycles. The molecule has 1 unspecified atom stereocenters. The first-order valence-electron chi connectivity index (χ1n) is 5.52. The topological polar surface area (TPSA) is 53.9 Å². The molecule has 2 rings (SSSR count). The number of aromatic nitrogens is 3. The standard InChI is InChI=1S/C10H17N5/c1-2-15-7-3-4-9(15)8-11-10-5-6-12-14-13-10/h5-6,9H,2-4,7-8H2,1H3,(H,11,12,13).